The van der Waals surface area contributed by atoms with Gasteiger partial charge in [0.1, 0.15) is 5.82 Å². The van der Waals surface area contributed by atoms with Gasteiger partial charge in [-0.1, -0.05) is 48.5 Å². The van der Waals surface area contributed by atoms with Crippen LogP contribution in [0.4, 0.5) is 5.82 Å². The maximum absolute atomic E-state index is 12.5. The first-order valence-corrected chi connectivity index (χ1v) is 11.7. The lowest BCUT2D eigenvalue weighted by Gasteiger charge is -2.11. The number of para-hydroxylation sites is 1. The minimum Gasteiger partial charge on any atom is -0.348 e. The van der Waals surface area contributed by atoms with Crippen molar-refractivity contribution in [3.8, 4) is 5.69 Å². The van der Waals surface area contributed by atoms with E-state index >= 15 is 0 Å². The van der Waals surface area contributed by atoms with Gasteiger partial charge in [0.05, 0.1) is 22.9 Å². The third-order valence-electron chi connectivity index (χ3n) is 5.00. The van der Waals surface area contributed by atoms with Crippen LogP contribution in [-0.4, -0.2) is 36.6 Å². The van der Waals surface area contributed by atoms with Crippen LogP contribution in [0.15, 0.2) is 60.7 Å². The smallest absolute Gasteiger partial charge is 0.314 e. The molecule has 4 rings (SSSR count). The van der Waals surface area contributed by atoms with Gasteiger partial charge in [0.2, 0.25) is 0 Å². The number of carbonyl (C=O) groups is 2. The molecule has 31 heavy (non-hydrogen) atoms. The van der Waals surface area contributed by atoms with Gasteiger partial charge in [0.15, 0.2) is 9.84 Å². The van der Waals surface area contributed by atoms with Crippen LogP contribution in [0.5, 0.6) is 0 Å². The molecule has 160 valence electrons. The van der Waals surface area contributed by atoms with Gasteiger partial charge in [-0.2, -0.15) is 5.10 Å². The second kappa shape index (κ2) is 8.73. The van der Waals surface area contributed by atoms with Crippen molar-refractivity contribution in [3.63, 3.8) is 0 Å². The molecule has 1 aromatic heterocycles. The number of amides is 2. The van der Waals surface area contributed by atoms with E-state index < -0.39 is 21.7 Å². The van der Waals surface area contributed by atoms with E-state index in [9.17, 15) is 18.0 Å². The zero-order valence-electron chi connectivity index (χ0n) is 16.7. The number of rotatable bonds is 6. The van der Waals surface area contributed by atoms with E-state index in [0.717, 1.165) is 12.0 Å². The highest BCUT2D eigenvalue weighted by Gasteiger charge is 2.33. The Balaban J connectivity index is 1.44. The predicted octanol–water partition coefficient (Wildman–Crippen LogP) is 1.99. The van der Waals surface area contributed by atoms with Crippen LogP contribution in [0.25, 0.3) is 5.69 Å². The van der Waals surface area contributed by atoms with Crippen molar-refractivity contribution < 1.29 is 18.0 Å². The van der Waals surface area contributed by atoms with Crippen LogP contribution in [0.3, 0.4) is 0 Å². The summed E-state index contributed by atoms with van der Waals surface area (Å²) in [4.78, 5) is 24.8. The number of nitrogens with one attached hydrogen (secondary N) is 2. The van der Waals surface area contributed by atoms with Gasteiger partial charge < -0.3 is 10.6 Å². The standard InChI is InChI=1S/C22H22N4O4S/c27-21(23-13-7-10-16-8-3-1-4-9-16)22(28)24-20-18-14-31(29,30)15-19(18)25-26(20)17-11-5-2-6-12-17/h1-6,8-9,11-12H,7,10,13-15H2,(H,23,27)(H,24,28). The number of aromatic nitrogens is 2. The summed E-state index contributed by atoms with van der Waals surface area (Å²) in [6.07, 6.45) is 1.48. The average Bonchev–Trinajstić information content (AvgIpc) is 3.24. The summed E-state index contributed by atoms with van der Waals surface area (Å²) in [5.74, 6) is -1.82. The van der Waals surface area contributed by atoms with Gasteiger partial charge in [0.25, 0.3) is 0 Å². The van der Waals surface area contributed by atoms with Crippen molar-refractivity contribution in [2.75, 3.05) is 11.9 Å². The summed E-state index contributed by atoms with van der Waals surface area (Å²) < 4.78 is 25.5. The van der Waals surface area contributed by atoms with E-state index in [-0.39, 0.29) is 17.3 Å². The van der Waals surface area contributed by atoms with Crippen LogP contribution in [0.2, 0.25) is 0 Å². The third-order valence-corrected chi connectivity index (χ3v) is 6.44. The Labute approximate surface area is 180 Å². The molecule has 2 amide bonds. The first-order valence-electron chi connectivity index (χ1n) is 9.93. The second-order valence-electron chi connectivity index (χ2n) is 7.35. The van der Waals surface area contributed by atoms with Crippen LogP contribution in [0.1, 0.15) is 23.2 Å². The molecule has 0 unspecified atom stereocenters. The van der Waals surface area contributed by atoms with E-state index in [1.807, 2.05) is 48.5 Å². The Kier molecular flexibility index (Phi) is 5.85. The molecular formula is C22H22N4O4S. The summed E-state index contributed by atoms with van der Waals surface area (Å²) in [6.45, 7) is 0.353. The molecule has 3 aromatic rings. The highest BCUT2D eigenvalue weighted by molar-refractivity contribution is 7.90. The first-order chi connectivity index (χ1) is 14.9. The topological polar surface area (TPSA) is 110 Å². The molecule has 1 aliphatic heterocycles. The Morgan fingerprint density at radius 2 is 1.61 bits per heavy atom. The predicted molar refractivity (Wildman–Crippen MR) is 116 cm³/mol. The molecule has 0 saturated heterocycles. The molecule has 1 aliphatic rings. The minimum absolute atomic E-state index is 0.184. The lowest BCUT2D eigenvalue weighted by atomic mass is 10.1. The molecule has 0 atom stereocenters. The third kappa shape index (κ3) is 4.83. The Morgan fingerprint density at radius 3 is 2.32 bits per heavy atom. The zero-order chi connectivity index (χ0) is 21.8. The second-order valence-corrected chi connectivity index (χ2v) is 9.42. The van der Waals surface area contributed by atoms with Gasteiger partial charge in [-0.05, 0) is 30.5 Å². The van der Waals surface area contributed by atoms with Crippen molar-refractivity contribution in [1.29, 1.82) is 0 Å². The maximum atomic E-state index is 12.5. The van der Waals surface area contributed by atoms with Crippen molar-refractivity contribution in [2.45, 2.75) is 24.3 Å². The molecule has 0 spiro atoms. The van der Waals surface area contributed by atoms with Crippen LogP contribution in [-0.2, 0) is 37.4 Å². The monoisotopic (exact) mass is 438 g/mol. The zero-order valence-corrected chi connectivity index (χ0v) is 17.6. The fourth-order valence-corrected chi connectivity index (χ4v) is 5.00. The Morgan fingerprint density at radius 1 is 0.935 bits per heavy atom. The van der Waals surface area contributed by atoms with Gasteiger partial charge in [-0.3, -0.25) is 9.59 Å². The highest BCUT2D eigenvalue weighted by atomic mass is 32.2. The quantitative estimate of drug-likeness (QED) is 0.452. The number of nitrogens with zero attached hydrogens (tertiary/aromatic N) is 2. The summed E-state index contributed by atoms with van der Waals surface area (Å²) >= 11 is 0. The van der Waals surface area contributed by atoms with Gasteiger partial charge in [0, 0.05) is 12.1 Å². The lowest BCUT2D eigenvalue weighted by Crippen LogP contribution is -2.36. The fourth-order valence-electron chi connectivity index (χ4n) is 3.51. The minimum atomic E-state index is -3.31. The van der Waals surface area contributed by atoms with Crippen LogP contribution < -0.4 is 10.6 Å². The molecule has 8 nitrogen and oxygen atoms in total. The molecule has 2 aromatic carbocycles. The van der Waals surface area contributed by atoms with Crippen molar-refractivity contribution in [3.05, 3.63) is 77.5 Å². The summed E-state index contributed by atoms with van der Waals surface area (Å²) in [5.41, 5.74) is 2.63. The number of fused-ring (bicyclic) bond motifs is 1. The van der Waals surface area contributed by atoms with E-state index in [4.69, 9.17) is 0 Å². The average molecular weight is 439 g/mol. The van der Waals surface area contributed by atoms with Gasteiger partial charge in [-0.25, -0.2) is 13.1 Å². The Bertz CT molecular complexity index is 1210. The van der Waals surface area contributed by atoms with Gasteiger partial charge in [-0.15, -0.1) is 0 Å². The van der Waals surface area contributed by atoms with Crippen LogP contribution >= 0.6 is 0 Å². The maximum Gasteiger partial charge on any atom is 0.314 e. The van der Waals surface area contributed by atoms with Crippen molar-refractivity contribution >= 4 is 27.5 Å². The summed E-state index contributed by atoms with van der Waals surface area (Å²) in [6, 6.07) is 18.9. The summed E-state index contributed by atoms with van der Waals surface area (Å²) in [5, 5.41) is 9.55. The fraction of sp³-hybridized carbons (Fsp3) is 0.227. The largest absolute Gasteiger partial charge is 0.348 e. The normalized spacial score (nSPS) is 14.1. The molecule has 0 radical (unpaired) electrons. The molecule has 9 heteroatoms. The molecule has 0 bridgehead atoms. The number of anilines is 1. The van der Waals surface area contributed by atoms with Crippen molar-refractivity contribution in [2.24, 2.45) is 0 Å². The SMILES string of the molecule is O=C(NCCCc1ccccc1)C(=O)Nc1c2c(nn1-c1ccccc1)CS(=O)(=O)C2. The van der Waals surface area contributed by atoms with Crippen molar-refractivity contribution in [1.82, 2.24) is 15.1 Å². The Hall–Kier alpha value is -3.46. The van der Waals surface area contributed by atoms with E-state index in [0.29, 0.717) is 29.9 Å². The number of aryl methyl sites for hydroxylation is 1. The van der Waals surface area contributed by atoms with E-state index in [1.54, 1.807) is 12.1 Å². The molecular weight excluding hydrogens is 416 g/mol. The molecule has 0 saturated carbocycles. The number of carbonyl (C=O) groups excluding carboxylic acids is 2. The lowest BCUT2D eigenvalue weighted by molar-refractivity contribution is -0.136. The number of benzene rings is 2. The number of sulfone groups is 1. The number of hydrogen-bond acceptors (Lipinski definition) is 5. The molecule has 0 fully saturated rings. The van der Waals surface area contributed by atoms with Crippen LogP contribution in [0, 0.1) is 0 Å². The first kappa shape index (κ1) is 20.8. The molecule has 0 aliphatic carbocycles. The molecule has 2 heterocycles. The molecule has 2 N–H and O–H groups in total. The van der Waals surface area contributed by atoms with Gasteiger partial charge >= 0.3 is 11.8 Å². The number of hydrogen-bond donors (Lipinski definition) is 2. The van der Waals surface area contributed by atoms with E-state index in [2.05, 4.69) is 15.7 Å². The highest BCUT2D eigenvalue weighted by Crippen LogP contribution is 2.32. The summed E-state index contributed by atoms with van der Waals surface area (Å²) in [7, 11) is -3.31. The van der Waals surface area contributed by atoms with E-state index in [1.165, 1.54) is 4.68 Å².